The van der Waals surface area contributed by atoms with Crippen LogP contribution in [0.15, 0.2) is 36.5 Å². The van der Waals surface area contributed by atoms with Crippen LogP contribution in [0.5, 0.6) is 0 Å². The predicted molar refractivity (Wildman–Crippen MR) is 104 cm³/mol. The van der Waals surface area contributed by atoms with E-state index in [1.165, 1.54) is 0 Å². The minimum Gasteiger partial charge on any atom is -0.368 e. The molecule has 2 aliphatic heterocycles. The zero-order valence-electron chi connectivity index (χ0n) is 15.4. The van der Waals surface area contributed by atoms with Gasteiger partial charge in [0.15, 0.2) is 0 Å². The topological polar surface area (TPSA) is 86.2 Å². The molecule has 0 saturated carbocycles. The van der Waals surface area contributed by atoms with E-state index in [-0.39, 0.29) is 17.9 Å². The summed E-state index contributed by atoms with van der Waals surface area (Å²) in [6.07, 6.45) is 3.87. The van der Waals surface area contributed by atoms with Crippen molar-refractivity contribution in [2.75, 3.05) is 22.9 Å². The molecule has 1 aromatic carbocycles. The number of nitrogens with two attached hydrogens (primary N) is 1. The molecule has 27 heavy (non-hydrogen) atoms. The van der Waals surface area contributed by atoms with E-state index in [0.29, 0.717) is 12.1 Å². The molecule has 0 aliphatic carbocycles. The van der Waals surface area contributed by atoms with Crippen molar-refractivity contribution in [2.24, 2.45) is 5.73 Å². The summed E-state index contributed by atoms with van der Waals surface area (Å²) in [5.41, 5.74) is 10.5. The zero-order valence-corrected chi connectivity index (χ0v) is 15.4. The molecule has 2 aliphatic rings. The quantitative estimate of drug-likeness (QED) is 0.908. The van der Waals surface area contributed by atoms with Gasteiger partial charge in [-0.3, -0.25) is 9.78 Å². The Balaban J connectivity index is 1.73. The number of nitriles is 1. The van der Waals surface area contributed by atoms with Crippen molar-refractivity contribution in [3.8, 4) is 6.07 Å². The van der Waals surface area contributed by atoms with Gasteiger partial charge in [-0.1, -0.05) is 12.1 Å². The Labute approximate surface area is 159 Å². The highest BCUT2D eigenvalue weighted by Gasteiger charge is 2.38. The maximum Gasteiger partial charge on any atom is 0.236 e. The van der Waals surface area contributed by atoms with Gasteiger partial charge < -0.3 is 15.5 Å². The fraction of sp³-hybridized carbons (Fsp3) is 0.381. The third-order valence-electron chi connectivity index (χ3n) is 5.44. The molecule has 0 bridgehead atoms. The molecule has 1 unspecified atom stereocenters. The summed E-state index contributed by atoms with van der Waals surface area (Å²) in [4.78, 5) is 21.6. The first-order chi connectivity index (χ1) is 13.1. The van der Waals surface area contributed by atoms with Gasteiger partial charge in [-0.05, 0) is 43.5 Å². The highest BCUT2D eigenvalue weighted by molar-refractivity contribution is 6.07. The second-order valence-corrected chi connectivity index (χ2v) is 7.37. The van der Waals surface area contributed by atoms with E-state index in [1.807, 2.05) is 36.1 Å². The highest BCUT2D eigenvalue weighted by Crippen LogP contribution is 2.43. The van der Waals surface area contributed by atoms with Crippen LogP contribution < -0.4 is 15.5 Å². The standard InChI is InChI=1S/C21H23N5O/c1-14-19-20(18(7-8-24-19)25-9-3-6-17(23)13-25)26(21(14)27)12-16-5-2-4-15(10-16)11-22/h2,4-5,7-8,10,14,17H,3,6,9,12-13,23H2,1H3/t14-,17?/m1/s1. The average molecular weight is 361 g/mol. The van der Waals surface area contributed by atoms with Crippen molar-refractivity contribution < 1.29 is 4.79 Å². The summed E-state index contributed by atoms with van der Waals surface area (Å²) >= 11 is 0. The van der Waals surface area contributed by atoms with Gasteiger partial charge in [0, 0.05) is 25.3 Å². The molecular formula is C21H23N5O. The van der Waals surface area contributed by atoms with Gasteiger partial charge in [0.1, 0.15) is 0 Å². The summed E-state index contributed by atoms with van der Waals surface area (Å²) in [6.45, 7) is 4.07. The average Bonchev–Trinajstić information content (AvgIpc) is 2.93. The summed E-state index contributed by atoms with van der Waals surface area (Å²) in [6, 6.07) is 11.7. The number of benzene rings is 1. The van der Waals surface area contributed by atoms with Crippen molar-refractivity contribution >= 4 is 17.3 Å². The third-order valence-corrected chi connectivity index (χ3v) is 5.44. The molecule has 2 atom stereocenters. The first-order valence-electron chi connectivity index (χ1n) is 9.38. The van der Waals surface area contributed by atoms with E-state index in [9.17, 15) is 4.79 Å². The van der Waals surface area contributed by atoms with E-state index in [2.05, 4.69) is 16.0 Å². The second kappa shape index (κ2) is 7.01. The molecule has 1 aromatic heterocycles. The Kier molecular flexibility index (Phi) is 4.54. The fourth-order valence-electron chi connectivity index (χ4n) is 4.08. The SMILES string of the molecule is C[C@H]1C(=O)N(Cc2cccc(C#N)c2)c2c(N3CCCC(N)C3)ccnc21. The first kappa shape index (κ1) is 17.5. The molecule has 1 saturated heterocycles. The Morgan fingerprint density at radius 2 is 2.22 bits per heavy atom. The lowest BCUT2D eigenvalue weighted by molar-refractivity contribution is -0.119. The van der Waals surface area contributed by atoms with Gasteiger partial charge in [0.25, 0.3) is 0 Å². The van der Waals surface area contributed by atoms with Crippen LogP contribution in [0.1, 0.15) is 42.5 Å². The van der Waals surface area contributed by atoms with E-state index in [1.54, 1.807) is 12.3 Å². The summed E-state index contributed by atoms with van der Waals surface area (Å²) in [5, 5.41) is 9.15. The van der Waals surface area contributed by atoms with Gasteiger partial charge in [-0.2, -0.15) is 5.26 Å². The van der Waals surface area contributed by atoms with E-state index < -0.39 is 0 Å². The summed E-state index contributed by atoms with van der Waals surface area (Å²) in [5.74, 6) is -0.216. The number of carbonyl (C=O) groups is 1. The fourth-order valence-corrected chi connectivity index (χ4v) is 4.08. The molecule has 1 fully saturated rings. The van der Waals surface area contributed by atoms with E-state index in [4.69, 9.17) is 11.0 Å². The van der Waals surface area contributed by atoms with Crippen molar-refractivity contribution in [1.29, 1.82) is 5.26 Å². The second-order valence-electron chi connectivity index (χ2n) is 7.37. The van der Waals surface area contributed by atoms with E-state index >= 15 is 0 Å². The number of anilines is 2. The zero-order chi connectivity index (χ0) is 19.0. The lowest BCUT2D eigenvalue weighted by atomic mass is 10.0. The molecular weight excluding hydrogens is 338 g/mol. The van der Waals surface area contributed by atoms with Gasteiger partial charge in [-0.15, -0.1) is 0 Å². The van der Waals surface area contributed by atoms with Crippen LogP contribution in [0, 0.1) is 11.3 Å². The Morgan fingerprint density at radius 1 is 1.37 bits per heavy atom. The largest absolute Gasteiger partial charge is 0.368 e. The van der Waals surface area contributed by atoms with Crippen LogP contribution in [0.3, 0.4) is 0 Å². The molecule has 2 N–H and O–H groups in total. The lowest BCUT2D eigenvalue weighted by Gasteiger charge is -2.35. The van der Waals surface area contributed by atoms with Crippen LogP contribution in [0.2, 0.25) is 0 Å². The van der Waals surface area contributed by atoms with Crippen molar-refractivity contribution in [2.45, 2.75) is 38.3 Å². The third kappa shape index (κ3) is 3.15. The van der Waals surface area contributed by atoms with Crippen LogP contribution in [0.4, 0.5) is 11.4 Å². The summed E-state index contributed by atoms with van der Waals surface area (Å²) in [7, 11) is 0. The number of pyridine rings is 1. The molecule has 3 heterocycles. The van der Waals surface area contributed by atoms with Crippen molar-refractivity contribution in [3.63, 3.8) is 0 Å². The Hall–Kier alpha value is -2.91. The maximum absolute atomic E-state index is 13.0. The van der Waals surface area contributed by atoms with Crippen LogP contribution >= 0.6 is 0 Å². The molecule has 0 radical (unpaired) electrons. The number of fused-ring (bicyclic) bond motifs is 1. The van der Waals surface area contributed by atoms with Crippen LogP contribution in [-0.2, 0) is 11.3 Å². The smallest absolute Gasteiger partial charge is 0.236 e. The first-order valence-corrected chi connectivity index (χ1v) is 9.38. The molecule has 6 heteroatoms. The molecule has 6 nitrogen and oxygen atoms in total. The number of amides is 1. The summed E-state index contributed by atoms with van der Waals surface area (Å²) < 4.78 is 0. The van der Waals surface area contributed by atoms with Crippen molar-refractivity contribution in [1.82, 2.24) is 4.98 Å². The molecule has 0 spiro atoms. The molecule has 1 amide bonds. The molecule has 2 aromatic rings. The van der Waals surface area contributed by atoms with Gasteiger partial charge in [0.2, 0.25) is 5.91 Å². The van der Waals surface area contributed by atoms with E-state index in [0.717, 1.165) is 48.6 Å². The molecule has 4 rings (SSSR count). The monoisotopic (exact) mass is 361 g/mol. The number of hydrogen-bond acceptors (Lipinski definition) is 5. The van der Waals surface area contributed by atoms with Gasteiger partial charge in [0.05, 0.1) is 41.2 Å². The van der Waals surface area contributed by atoms with Gasteiger partial charge in [-0.25, -0.2) is 0 Å². The van der Waals surface area contributed by atoms with Crippen LogP contribution in [0.25, 0.3) is 0 Å². The molecule has 138 valence electrons. The minimum absolute atomic E-state index is 0.0496. The number of aromatic nitrogens is 1. The number of rotatable bonds is 3. The number of hydrogen-bond donors (Lipinski definition) is 1. The number of piperidine rings is 1. The Morgan fingerprint density at radius 3 is 3.00 bits per heavy atom. The lowest BCUT2D eigenvalue weighted by Crippen LogP contribution is -2.43. The minimum atomic E-state index is -0.266. The number of carbonyl (C=O) groups excluding carboxylic acids is 1. The maximum atomic E-state index is 13.0. The normalized spacial score (nSPS) is 21.9. The number of nitrogens with zero attached hydrogens (tertiary/aromatic N) is 4. The van der Waals surface area contributed by atoms with Gasteiger partial charge >= 0.3 is 0 Å². The predicted octanol–water partition coefficient (Wildman–Crippen LogP) is 2.53. The highest BCUT2D eigenvalue weighted by atomic mass is 16.2. The van der Waals surface area contributed by atoms with Crippen molar-refractivity contribution in [3.05, 3.63) is 53.3 Å². The Bertz CT molecular complexity index is 919. The van der Waals surface area contributed by atoms with Crippen LogP contribution in [-0.4, -0.2) is 30.0 Å².